The summed E-state index contributed by atoms with van der Waals surface area (Å²) in [6, 6.07) is 3.64. The fourth-order valence-electron chi connectivity index (χ4n) is 2.52. The van der Waals surface area contributed by atoms with Gasteiger partial charge in [-0.15, -0.1) is 0 Å². The van der Waals surface area contributed by atoms with Gasteiger partial charge in [-0.25, -0.2) is 0 Å². The Balaban J connectivity index is 2.12. The largest absolute Gasteiger partial charge is 0.493 e. The standard InChI is InChI=1S/C18H24N2O4/c1-4-5-7-19-17(21)12-20-8-6-13-9-15(23-2)16(24-3)10-14(13)11-18(20)22/h6,8-10H,4-5,7,11-12H2,1-3H3,(H,19,21). The molecule has 130 valence electrons. The van der Waals surface area contributed by atoms with Crippen LogP contribution in [0.25, 0.3) is 6.08 Å². The third-order valence-corrected chi connectivity index (χ3v) is 3.91. The van der Waals surface area contributed by atoms with Gasteiger partial charge in [-0.05, 0) is 35.8 Å². The summed E-state index contributed by atoms with van der Waals surface area (Å²) in [7, 11) is 3.13. The van der Waals surface area contributed by atoms with Crippen LogP contribution in [0.3, 0.4) is 0 Å². The maximum absolute atomic E-state index is 12.4. The number of fused-ring (bicyclic) bond motifs is 1. The van der Waals surface area contributed by atoms with E-state index in [2.05, 4.69) is 12.2 Å². The highest BCUT2D eigenvalue weighted by Crippen LogP contribution is 2.32. The number of methoxy groups -OCH3 is 2. The van der Waals surface area contributed by atoms with E-state index < -0.39 is 0 Å². The molecule has 0 fully saturated rings. The number of nitrogens with one attached hydrogen (secondary N) is 1. The summed E-state index contributed by atoms with van der Waals surface area (Å²) in [4.78, 5) is 25.8. The van der Waals surface area contributed by atoms with Gasteiger partial charge < -0.3 is 19.7 Å². The Kier molecular flexibility index (Phi) is 6.23. The van der Waals surface area contributed by atoms with Crippen LogP contribution in [0.5, 0.6) is 11.5 Å². The molecule has 0 aliphatic carbocycles. The summed E-state index contributed by atoms with van der Waals surface area (Å²) in [5.41, 5.74) is 1.73. The van der Waals surface area contributed by atoms with E-state index in [9.17, 15) is 9.59 Å². The van der Waals surface area contributed by atoms with E-state index >= 15 is 0 Å². The van der Waals surface area contributed by atoms with Crippen molar-refractivity contribution in [1.29, 1.82) is 0 Å². The first kappa shape index (κ1) is 17.8. The van der Waals surface area contributed by atoms with Crippen molar-refractivity contribution in [2.45, 2.75) is 26.2 Å². The molecule has 0 saturated heterocycles. The molecule has 0 spiro atoms. The predicted molar refractivity (Wildman–Crippen MR) is 91.9 cm³/mol. The highest BCUT2D eigenvalue weighted by molar-refractivity contribution is 5.89. The van der Waals surface area contributed by atoms with Crippen LogP contribution in [-0.4, -0.2) is 44.0 Å². The number of rotatable bonds is 7. The average molecular weight is 332 g/mol. The van der Waals surface area contributed by atoms with Crippen LogP contribution in [0.4, 0.5) is 0 Å². The fraction of sp³-hybridized carbons (Fsp3) is 0.444. The lowest BCUT2D eigenvalue weighted by Gasteiger charge is -2.16. The first-order valence-electron chi connectivity index (χ1n) is 8.08. The van der Waals surface area contributed by atoms with E-state index in [0.29, 0.717) is 18.0 Å². The van der Waals surface area contributed by atoms with Crippen LogP contribution in [0.2, 0.25) is 0 Å². The number of benzene rings is 1. The molecule has 1 aliphatic heterocycles. The smallest absolute Gasteiger partial charge is 0.240 e. The molecule has 0 bridgehead atoms. The van der Waals surface area contributed by atoms with Gasteiger partial charge in [-0.2, -0.15) is 0 Å². The minimum absolute atomic E-state index is 0.0291. The van der Waals surface area contributed by atoms with Crippen molar-refractivity contribution in [2.75, 3.05) is 27.3 Å². The Hall–Kier alpha value is -2.50. The summed E-state index contributed by atoms with van der Waals surface area (Å²) in [5.74, 6) is 0.924. The molecule has 6 heteroatoms. The molecule has 0 atom stereocenters. The molecule has 0 aromatic heterocycles. The molecule has 0 unspecified atom stereocenters. The Bertz CT molecular complexity index is 640. The Morgan fingerprint density at radius 1 is 1.25 bits per heavy atom. The van der Waals surface area contributed by atoms with Crippen LogP contribution in [0, 0.1) is 0 Å². The number of hydrogen-bond donors (Lipinski definition) is 1. The molecular weight excluding hydrogens is 308 g/mol. The van der Waals surface area contributed by atoms with Crippen molar-refractivity contribution < 1.29 is 19.1 Å². The summed E-state index contributed by atoms with van der Waals surface area (Å²) in [5, 5.41) is 2.82. The van der Waals surface area contributed by atoms with Crippen LogP contribution in [0.15, 0.2) is 18.3 Å². The number of hydrogen-bond acceptors (Lipinski definition) is 4. The lowest BCUT2D eigenvalue weighted by Crippen LogP contribution is -2.38. The van der Waals surface area contributed by atoms with E-state index in [1.54, 1.807) is 26.5 Å². The molecule has 2 rings (SSSR count). The maximum Gasteiger partial charge on any atom is 0.240 e. The topological polar surface area (TPSA) is 67.9 Å². The number of carbonyl (C=O) groups excluding carboxylic acids is 2. The Morgan fingerprint density at radius 2 is 1.96 bits per heavy atom. The molecule has 0 saturated carbocycles. The van der Waals surface area contributed by atoms with E-state index in [1.807, 2.05) is 12.1 Å². The second-order valence-electron chi connectivity index (χ2n) is 5.62. The molecule has 24 heavy (non-hydrogen) atoms. The van der Waals surface area contributed by atoms with Crippen molar-refractivity contribution in [3.05, 3.63) is 29.5 Å². The second-order valence-corrected chi connectivity index (χ2v) is 5.62. The number of ether oxygens (including phenoxy) is 2. The van der Waals surface area contributed by atoms with Crippen molar-refractivity contribution in [3.63, 3.8) is 0 Å². The molecule has 0 radical (unpaired) electrons. The van der Waals surface area contributed by atoms with Gasteiger partial charge in [0.1, 0.15) is 6.54 Å². The van der Waals surface area contributed by atoms with Gasteiger partial charge in [0.05, 0.1) is 20.6 Å². The van der Waals surface area contributed by atoms with Gasteiger partial charge >= 0.3 is 0 Å². The monoisotopic (exact) mass is 332 g/mol. The molecule has 1 aromatic carbocycles. The number of unbranched alkanes of at least 4 members (excludes halogenated alkanes) is 1. The highest BCUT2D eigenvalue weighted by atomic mass is 16.5. The van der Waals surface area contributed by atoms with Crippen LogP contribution in [0.1, 0.15) is 30.9 Å². The summed E-state index contributed by atoms with van der Waals surface area (Å²) >= 11 is 0. The van der Waals surface area contributed by atoms with E-state index in [1.165, 1.54) is 4.90 Å². The van der Waals surface area contributed by atoms with Gasteiger partial charge in [-0.1, -0.05) is 13.3 Å². The third-order valence-electron chi connectivity index (χ3n) is 3.91. The molecule has 1 aliphatic rings. The zero-order chi connectivity index (χ0) is 17.5. The van der Waals surface area contributed by atoms with E-state index in [-0.39, 0.29) is 24.8 Å². The molecule has 1 N–H and O–H groups in total. The summed E-state index contributed by atoms with van der Waals surface area (Å²) < 4.78 is 10.6. The highest BCUT2D eigenvalue weighted by Gasteiger charge is 2.21. The molecule has 1 aromatic rings. The SMILES string of the molecule is CCCCNC(=O)CN1C=Cc2cc(OC)c(OC)cc2CC1=O. The quantitative estimate of drug-likeness (QED) is 0.775. The maximum atomic E-state index is 12.4. The minimum Gasteiger partial charge on any atom is -0.493 e. The second kappa shape index (κ2) is 8.38. The fourth-order valence-corrected chi connectivity index (χ4v) is 2.52. The molecular formula is C18H24N2O4. The summed E-state index contributed by atoms with van der Waals surface area (Å²) in [6.07, 6.45) is 5.63. The minimum atomic E-state index is -0.150. The molecule has 2 amide bonds. The Morgan fingerprint density at radius 3 is 2.62 bits per heavy atom. The van der Waals surface area contributed by atoms with Crippen molar-refractivity contribution in [3.8, 4) is 11.5 Å². The normalized spacial score (nSPS) is 13.3. The Labute approximate surface area is 142 Å². The molecule has 6 nitrogen and oxygen atoms in total. The lowest BCUT2D eigenvalue weighted by molar-refractivity contribution is -0.132. The van der Waals surface area contributed by atoms with E-state index in [0.717, 1.165) is 24.0 Å². The van der Waals surface area contributed by atoms with Crippen molar-refractivity contribution in [1.82, 2.24) is 10.2 Å². The van der Waals surface area contributed by atoms with Gasteiger partial charge in [0, 0.05) is 12.7 Å². The van der Waals surface area contributed by atoms with Gasteiger partial charge in [0.2, 0.25) is 11.8 Å². The number of nitrogens with zero attached hydrogens (tertiary/aromatic N) is 1. The van der Waals surface area contributed by atoms with E-state index in [4.69, 9.17) is 9.47 Å². The predicted octanol–water partition coefficient (Wildman–Crippen LogP) is 1.98. The van der Waals surface area contributed by atoms with Gasteiger partial charge in [0.15, 0.2) is 11.5 Å². The van der Waals surface area contributed by atoms with Crippen molar-refractivity contribution >= 4 is 17.9 Å². The van der Waals surface area contributed by atoms with Gasteiger partial charge in [-0.3, -0.25) is 9.59 Å². The van der Waals surface area contributed by atoms with Crippen molar-refractivity contribution in [2.24, 2.45) is 0 Å². The summed E-state index contributed by atoms with van der Waals surface area (Å²) in [6.45, 7) is 2.73. The molecule has 1 heterocycles. The van der Waals surface area contributed by atoms with Gasteiger partial charge in [0.25, 0.3) is 0 Å². The average Bonchev–Trinajstić information content (AvgIpc) is 2.72. The lowest BCUT2D eigenvalue weighted by atomic mass is 10.0. The first-order chi connectivity index (χ1) is 11.6. The number of amides is 2. The van der Waals surface area contributed by atoms with Crippen LogP contribution < -0.4 is 14.8 Å². The van der Waals surface area contributed by atoms with Crippen LogP contribution >= 0.6 is 0 Å². The zero-order valence-corrected chi connectivity index (χ0v) is 14.4. The van der Waals surface area contributed by atoms with Crippen LogP contribution in [-0.2, 0) is 16.0 Å². The zero-order valence-electron chi connectivity index (χ0n) is 14.4. The number of carbonyl (C=O) groups is 2. The first-order valence-corrected chi connectivity index (χ1v) is 8.08. The third kappa shape index (κ3) is 4.28.